The second-order valence-corrected chi connectivity index (χ2v) is 7.78. The number of ketones is 1. The molecule has 0 aliphatic heterocycles. The molecule has 0 fully saturated rings. The highest BCUT2D eigenvalue weighted by molar-refractivity contribution is 7.10. The van der Waals surface area contributed by atoms with Crippen LogP contribution in [0.2, 0.25) is 0 Å². The molecule has 1 heterocycles. The molecule has 0 aliphatic rings. The number of hydrogen-bond donors (Lipinski definition) is 0. The van der Waals surface area contributed by atoms with Gasteiger partial charge >= 0.3 is 0 Å². The third kappa shape index (κ3) is 4.70. The molecular formula is C22H19N3O4S. The predicted molar refractivity (Wildman–Crippen MR) is 114 cm³/mol. The third-order valence-electron chi connectivity index (χ3n) is 4.48. The third-order valence-corrected chi connectivity index (χ3v) is 5.39. The average molecular weight is 421 g/mol. The van der Waals surface area contributed by atoms with Crippen molar-refractivity contribution in [3.05, 3.63) is 74.6 Å². The molecule has 1 unspecified atom stereocenters. The Bertz CT molecular complexity index is 1120. The van der Waals surface area contributed by atoms with Crippen LogP contribution in [-0.2, 0) is 4.79 Å². The van der Waals surface area contributed by atoms with E-state index >= 15 is 0 Å². The van der Waals surface area contributed by atoms with E-state index in [2.05, 4.69) is 4.98 Å². The van der Waals surface area contributed by atoms with Gasteiger partial charge in [0.25, 0.3) is 5.69 Å². The Morgan fingerprint density at radius 3 is 2.73 bits per heavy atom. The van der Waals surface area contributed by atoms with Crippen LogP contribution in [0.15, 0.2) is 53.9 Å². The number of nitro groups is 1. The molecule has 8 heteroatoms. The zero-order valence-electron chi connectivity index (χ0n) is 16.4. The van der Waals surface area contributed by atoms with Crippen LogP contribution in [0.5, 0.6) is 5.75 Å². The normalized spacial score (nSPS) is 11.7. The van der Waals surface area contributed by atoms with Crippen LogP contribution >= 0.6 is 11.3 Å². The van der Waals surface area contributed by atoms with Gasteiger partial charge in [-0.3, -0.25) is 14.9 Å². The highest BCUT2D eigenvalue weighted by Gasteiger charge is 2.25. The van der Waals surface area contributed by atoms with Crippen molar-refractivity contribution in [3.8, 4) is 23.1 Å². The van der Waals surface area contributed by atoms with E-state index in [4.69, 9.17) is 4.74 Å². The van der Waals surface area contributed by atoms with Gasteiger partial charge in [0.05, 0.1) is 16.7 Å². The number of nitriles is 1. The Hall–Kier alpha value is -3.57. The van der Waals surface area contributed by atoms with E-state index in [9.17, 15) is 20.2 Å². The maximum Gasteiger partial charge on any atom is 0.270 e. The van der Waals surface area contributed by atoms with Crippen molar-refractivity contribution in [2.24, 2.45) is 0 Å². The molecule has 3 aromatic rings. The van der Waals surface area contributed by atoms with E-state index in [-0.39, 0.29) is 18.2 Å². The van der Waals surface area contributed by atoms with Gasteiger partial charge in [0, 0.05) is 23.1 Å². The summed E-state index contributed by atoms with van der Waals surface area (Å²) in [7, 11) is 0. The first kappa shape index (κ1) is 21.1. The smallest absolute Gasteiger partial charge is 0.270 e. The first-order valence-corrected chi connectivity index (χ1v) is 10.1. The van der Waals surface area contributed by atoms with Gasteiger partial charge < -0.3 is 4.74 Å². The van der Waals surface area contributed by atoms with Crippen LogP contribution in [0, 0.1) is 21.4 Å². The molecule has 0 saturated heterocycles. The molecule has 30 heavy (non-hydrogen) atoms. The summed E-state index contributed by atoms with van der Waals surface area (Å²) in [5.74, 6) is -0.599. The number of ether oxygens (including phenoxy) is 1. The Labute approximate surface area is 177 Å². The quantitative estimate of drug-likeness (QED) is 0.370. The largest absolute Gasteiger partial charge is 0.485 e. The van der Waals surface area contributed by atoms with Gasteiger partial charge in [-0.25, -0.2) is 4.98 Å². The van der Waals surface area contributed by atoms with Gasteiger partial charge in [-0.15, -0.1) is 11.3 Å². The first-order chi connectivity index (χ1) is 14.4. The van der Waals surface area contributed by atoms with E-state index in [1.807, 2.05) is 38.1 Å². The predicted octanol–water partition coefficient (Wildman–Crippen LogP) is 5.10. The number of carbonyl (C=O) groups is 1. The Morgan fingerprint density at radius 1 is 1.27 bits per heavy atom. The number of non-ortho nitro benzene ring substituents is 1. The standard InChI is InChI=1S/C22H19N3O4S/c1-14(2)17-8-3-4-9-21(17)29-12-20(26)18(11-23)22-24-19(13-30-22)15-6-5-7-16(10-15)25(27)28/h3-10,13-14,18H,12H2,1-2H3. The number of benzene rings is 2. The van der Waals surface area contributed by atoms with Crippen LogP contribution < -0.4 is 4.74 Å². The van der Waals surface area contributed by atoms with Crippen molar-refractivity contribution in [1.82, 2.24) is 4.98 Å². The van der Waals surface area contributed by atoms with Gasteiger partial charge in [-0.1, -0.05) is 44.2 Å². The molecule has 0 N–H and O–H groups in total. The molecular weight excluding hydrogens is 402 g/mol. The second-order valence-electron chi connectivity index (χ2n) is 6.89. The van der Waals surface area contributed by atoms with Crippen LogP contribution in [0.25, 0.3) is 11.3 Å². The maximum atomic E-state index is 12.6. The van der Waals surface area contributed by atoms with E-state index in [1.54, 1.807) is 23.6 Å². The Kier molecular flexibility index (Phi) is 6.54. The lowest BCUT2D eigenvalue weighted by Gasteiger charge is -2.14. The number of aromatic nitrogens is 1. The molecule has 0 amide bonds. The number of rotatable bonds is 8. The minimum Gasteiger partial charge on any atom is -0.485 e. The lowest BCUT2D eigenvalue weighted by atomic mass is 10.0. The van der Waals surface area contributed by atoms with E-state index in [0.29, 0.717) is 22.0 Å². The molecule has 2 aromatic carbocycles. The summed E-state index contributed by atoms with van der Waals surface area (Å²) in [6, 6.07) is 15.5. The fourth-order valence-electron chi connectivity index (χ4n) is 2.92. The molecule has 1 atom stereocenters. The molecule has 3 rings (SSSR count). The zero-order chi connectivity index (χ0) is 21.7. The highest BCUT2D eigenvalue weighted by Crippen LogP contribution is 2.30. The van der Waals surface area contributed by atoms with Crippen molar-refractivity contribution in [3.63, 3.8) is 0 Å². The molecule has 0 spiro atoms. The summed E-state index contributed by atoms with van der Waals surface area (Å²) in [6.07, 6.45) is 0. The van der Waals surface area contributed by atoms with Crippen molar-refractivity contribution in [1.29, 1.82) is 5.26 Å². The molecule has 0 saturated carbocycles. The van der Waals surface area contributed by atoms with Gasteiger partial charge in [-0.2, -0.15) is 5.26 Å². The number of para-hydroxylation sites is 1. The van der Waals surface area contributed by atoms with Crippen LogP contribution in [0.4, 0.5) is 5.69 Å². The van der Waals surface area contributed by atoms with Gasteiger partial charge in [0.1, 0.15) is 17.4 Å². The average Bonchev–Trinajstić information content (AvgIpc) is 3.23. The van der Waals surface area contributed by atoms with E-state index < -0.39 is 16.6 Å². The minimum absolute atomic E-state index is 0.0489. The molecule has 0 bridgehead atoms. The van der Waals surface area contributed by atoms with Crippen LogP contribution in [0.3, 0.4) is 0 Å². The highest BCUT2D eigenvalue weighted by atomic mass is 32.1. The van der Waals surface area contributed by atoms with E-state index in [0.717, 1.165) is 5.56 Å². The monoisotopic (exact) mass is 421 g/mol. The molecule has 0 aliphatic carbocycles. The van der Waals surface area contributed by atoms with Crippen molar-refractivity contribution in [2.45, 2.75) is 25.7 Å². The van der Waals surface area contributed by atoms with Gasteiger partial charge in [-0.05, 0) is 17.5 Å². The topological polar surface area (TPSA) is 106 Å². The van der Waals surface area contributed by atoms with Gasteiger partial charge in [0.2, 0.25) is 0 Å². The van der Waals surface area contributed by atoms with Crippen molar-refractivity contribution < 1.29 is 14.5 Å². The number of thiazole rings is 1. The Balaban J connectivity index is 1.76. The molecule has 152 valence electrons. The summed E-state index contributed by atoms with van der Waals surface area (Å²) < 4.78 is 5.70. The number of hydrogen-bond acceptors (Lipinski definition) is 7. The lowest BCUT2D eigenvalue weighted by Crippen LogP contribution is -2.19. The lowest BCUT2D eigenvalue weighted by molar-refractivity contribution is -0.384. The summed E-state index contributed by atoms with van der Waals surface area (Å²) in [5.41, 5.74) is 1.98. The number of nitro benzene ring substituents is 1. The maximum absolute atomic E-state index is 12.6. The minimum atomic E-state index is -1.06. The van der Waals surface area contributed by atoms with Crippen LogP contribution in [-0.4, -0.2) is 22.3 Å². The zero-order valence-corrected chi connectivity index (χ0v) is 17.3. The van der Waals surface area contributed by atoms with E-state index in [1.165, 1.54) is 23.5 Å². The van der Waals surface area contributed by atoms with Crippen molar-refractivity contribution in [2.75, 3.05) is 6.61 Å². The molecule has 7 nitrogen and oxygen atoms in total. The molecule has 1 aromatic heterocycles. The van der Waals surface area contributed by atoms with Crippen molar-refractivity contribution >= 4 is 22.8 Å². The molecule has 0 radical (unpaired) electrons. The fraction of sp³-hybridized carbons (Fsp3) is 0.227. The summed E-state index contributed by atoms with van der Waals surface area (Å²) in [6.45, 7) is 3.83. The summed E-state index contributed by atoms with van der Waals surface area (Å²) in [5, 5.41) is 22.5. The fourth-order valence-corrected chi connectivity index (χ4v) is 3.81. The first-order valence-electron chi connectivity index (χ1n) is 9.25. The summed E-state index contributed by atoms with van der Waals surface area (Å²) >= 11 is 1.17. The number of carbonyl (C=O) groups excluding carboxylic acids is 1. The van der Waals surface area contributed by atoms with Crippen LogP contribution in [0.1, 0.15) is 36.3 Å². The SMILES string of the molecule is CC(C)c1ccccc1OCC(=O)C(C#N)c1nc(-c2cccc([N+](=O)[O-])c2)cs1. The van der Waals surface area contributed by atoms with Gasteiger partial charge in [0.15, 0.2) is 11.7 Å². The number of Topliss-reactive ketones (excluding diaryl/α,β-unsaturated/α-hetero) is 1. The summed E-state index contributed by atoms with van der Waals surface area (Å²) in [4.78, 5) is 27.5. The second kappa shape index (κ2) is 9.29. The number of nitrogens with zero attached hydrogens (tertiary/aromatic N) is 3. The Morgan fingerprint density at radius 2 is 2.03 bits per heavy atom.